The molecule has 9 heteroatoms. The quantitative estimate of drug-likeness (QED) is 0.443. The minimum absolute atomic E-state index is 0.0764. The van der Waals surface area contributed by atoms with Gasteiger partial charge in [0.05, 0.1) is 30.9 Å². The van der Waals surface area contributed by atoms with Crippen LogP contribution in [0.4, 0.5) is 4.39 Å². The molecular weight excluding hydrogens is 435 g/mol. The second-order valence-electron chi connectivity index (χ2n) is 7.15. The number of amides is 1. The number of hydrogen-bond donors (Lipinski definition) is 1. The van der Waals surface area contributed by atoms with E-state index < -0.39 is 21.7 Å². The van der Waals surface area contributed by atoms with E-state index in [2.05, 4.69) is 5.32 Å². The minimum atomic E-state index is -3.92. The van der Waals surface area contributed by atoms with Crippen molar-refractivity contribution in [3.05, 3.63) is 84.1 Å². The Morgan fingerprint density at radius 2 is 1.84 bits per heavy atom. The molecule has 1 N–H and O–H groups in total. The molecule has 0 saturated carbocycles. The summed E-state index contributed by atoms with van der Waals surface area (Å²) in [6.07, 6.45) is 1.88. The molecule has 170 valence electrons. The number of aryl methyl sites for hydroxylation is 1. The summed E-state index contributed by atoms with van der Waals surface area (Å²) in [6, 6.07) is 15.8. The lowest BCUT2D eigenvalue weighted by Crippen LogP contribution is -2.40. The molecule has 1 aromatic heterocycles. The van der Waals surface area contributed by atoms with E-state index in [9.17, 15) is 17.6 Å². The summed E-state index contributed by atoms with van der Waals surface area (Å²) in [5, 5.41) is 2.68. The van der Waals surface area contributed by atoms with Crippen LogP contribution in [0.15, 0.2) is 76.2 Å². The second kappa shape index (κ2) is 10.9. The average Bonchev–Trinajstić information content (AvgIpc) is 3.28. The SMILES string of the molecule is Cc1ccc(S(=O)(=O)N(CC(=O)NCCCOc2ccccc2F)Cc2ccco2)cc1. The maximum Gasteiger partial charge on any atom is 0.243 e. The number of carbonyl (C=O) groups excluding carboxylic acids is 1. The molecule has 3 rings (SSSR count). The van der Waals surface area contributed by atoms with Gasteiger partial charge in [-0.05, 0) is 49.7 Å². The molecule has 0 aliphatic carbocycles. The molecule has 32 heavy (non-hydrogen) atoms. The molecule has 1 heterocycles. The van der Waals surface area contributed by atoms with Crippen molar-refractivity contribution in [3.8, 4) is 5.75 Å². The van der Waals surface area contributed by atoms with Crippen molar-refractivity contribution in [2.75, 3.05) is 19.7 Å². The van der Waals surface area contributed by atoms with Crippen molar-refractivity contribution in [1.29, 1.82) is 0 Å². The number of carbonyl (C=O) groups is 1. The molecule has 0 saturated heterocycles. The van der Waals surface area contributed by atoms with Gasteiger partial charge in [-0.2, -0.15) is 4.31 Å². The summed E-state index contributed by atoms with van der Waals surface area (Å²) in [6.45, 7) is 1.88. The van der Waals surface area contributed by atoms with Crippen LogP contribution in [-0.4, -0.2) is 38.3 Å². The molecule has 0 unspecified atom stereocenters. The van der Waals surface area contributed by atoms with E-state index in [1.54, 1.807) is 36.4 Å². The van der Waals surface area contributed by atoms with E-state index in [0.717, 1.165) is 9.87 Å². The van der Waals surface area contributed by atoms with E-state index in [1.807, 2.05) is 6.92 Å². The van der Waals surface area contributed by atoms with Gasteiger partial charge in [0.1, 0.15) is 5.76 Å². The van der Waals surface area contributed by atoms with Crippen molar-refractivity contribution in [1.82, 2.24) is 9.62 Å². The van der Waals surface area contributed by atoms with E-state index in [0.29, 0.717) is 12.2 Å². The second-order valence-corrected chi connectivity index (χ2v) is 9.09. The Balaban J connectivity index is 1.57. The van der Waals surface area contributed by atoms with E-state index >= 15 is 0 Å². The fraction of sp³-hybridized carbons (Fsp3) is 0.261. The predicted octanol–water partition coefficient (Wildman–Crippen LogP) is 3.50. The molecule has 0 fully saturated rings. The molecular formula is C23H25FN2O5S. The summed E-state index contributed by atoms with van der Waals surface area (Å²) in [5.41, 5.74) is 0.928. The number of nitrogens with one attached hydrogen (secondary N) is 1. The van der Waals surface area contributed by atoms with Crippen molar-refractivity contribution >= 4 is 15.9 Å². The van der Waals surface area contributed by atoms with Gasteiger partial charge in [-0.15, -0.1) is 0 Å². The van der Waals surface area contributed by atoms with Gasteiger partial charge in [-0.25, -0.2) is 12.8 Å². The Hall–Kier alpha value is -3.17. The average molecular weight is 461 g/mol. The van der Waals surface area contributed by atoms with Crippen molar-refractivity contribution < 1.29 is 26.8 Å². The molecule has 0 atom stereocenters. The molecule has 7 nitrogen and oxygen atoms in total. The summed E-state index contributed by atoms with van der Waals surface area (Å²) in [5.74, 6) is -0.344. The third kappa shape index (κ3) is 6.41. The summed E-state index contributed by atoms with van der Waals surface area (Å²) < 4.78 is 51.5. The molecule has 0 aliphatic heterocycles. The van der Waals surface area contributed by atoms with Crippen LogP contribution in [0.5, 0.6) is 5.75 Å². The number of ether oxygens (including phenoxy) is 1. The van der Waals surface area contributed by atoms with Crippen LogP contribution in [0.1, 0.15) is 17.7 Å². The van der Waals surface area contributed by atoms with E-state index in [-0.39, 0.29) is 36.9 Å². The number of sulfonamides is 1. The summed E-state index contributed by atoms with van der Waals surface area (Å²) in [7, 11) is -3.92. The van der Waals surface area contributed by atoms with Gasteiger partial charge in [-0.1, -0.05) is 29.8 Å². The normalized spacial score (nSPS) is 11.5. The first kappa shape index (κ1) is 23.5. The summed E-state index contributed by atoms with van der Waals surface area (Å²) in [4.78, 5) is 12.6. The Bertz CT molecular complexity index is 1120. The monoisotopic (exact) mass is 460 g/mol. The van der Waals surface area contributed by atoms with Crippen LogP contribution >= 0.6 is 0 Å². The largest absolute Gasteiger partial charge is 0.490 e. The zero-order valence-electron chi connectivity index (χ0n) is 17.7. The molecule has 3 aromatic rings. The van der Waals surface area contributed by atoms with E-state index in [1.165, 1.54) is 30.5 Å². The van der Waals surface area contributed by atoms with Gasteiger partial charge >= 0.3 is 0 Å². The van der Waals surface area contributed by atoms with Crippen molar-refractivity contribution in [2.24, 2.45) is 0 Å². The first-order valence-corrected chi connectivity index (χ1v) is 11.5. The molecule has 0 radical (unpaired) electrons. The third-order valence-electron chi connectivity index (χ3n) is 4.63. The highest BCUT2D eigenvalue weighted by molar-refractivity contribution is 7.89. The number of para-hydroxylation sites is 1. The standard InChI is InChI=1S/C23H25FN2O5S/c1-18-9-11-20(12-10-18)32(28,29)26(16-19-6-4-14-30-19)17-23(27)25-13-5-15-31-22-8-3-2-7-21(22)24/h2-4,6-12,14H,5,13,15-17H2,1H3,(H,25,27). The van der Waals surface area contributed by atoms with Gasteiger partial charge < -0.3 is 14.5 Å². The van der Waals surface area contributed by atoms with Gasteiger partial charge in [-0.3, -0.25) is 4.79 Å². The highest BCUT2D eigenvalue weighted by atomic mass is 32.2. The van der Waals surface area contributed by atoms with Crippen LogP contribution in [0, 0.1) is 12.7 Å². The first-order valence-electron chi connectivity index (χ1n) is 10.1. The minimum Gasteiger partial charge on any atom is -0.490 e. The Labute approximate surface area is 186 Å². The van der Waals surface area contributed by atoms with Crippen LogP contribution in [-0.2, 0) is 21.4 Å². The number of halogens is 1. The van der Waals surface area contributed by atoms with Crippen LogP contribution in [0.25, 0.3) is 0 Å². The maximum atomic E-state index is 13.5. The topological polar surface area (TPSA) is 88.9 Å². The highest BCUT2D eigenvalue weighted by Crippen LogP contribution is 2.19. The van der Waals surface area contributed by atoms with E-state index in [4.69, 9.17) is 9.15 Å². The zero-order chi connectivity index (χ0) is 23.0. The van der Waals surface area contributed by atoms with Crippen LogP contribution in [0.3, 0.4) is 0 Å². The number of furan rings is 1. The predicted molar refractivity (Wildman–Crippen MR) is 117 cm³/mol. The van der Waals surface area contributed by atoms with Gasteiger partial charge in [0.15, 0.2) is 11.6 Å². The van der Waals surface area contributed by atoms with Crippen molar-refractivity contribution in [3.63, 3.8) is 0 Å². The molecule has 2 aromatic carbocycles. The summed E-state index contributed by atoms with van der Waals surface area (Å²) >= 11 is 0. The first-order chi connectivity index (χ1) is 15.4. The fourth-order valence-corrected chi connectivity index (χ4v) is 4.28. The van der Waals surface area contributed by atoms with Crippen LogP contribution in [0.2, 0.25) is 0 Å². The molecule has 1 amide bonds. The molecule has 0 aliphatic rings. The van der Waals surface area contributed by atoms with Gasteiger partial charge in [0, 0.05) is 6.54 Å². The lowest BCUT2D eigenvalue weighted by Gasteiger charge is -2.21. The van der Waals surface area contributed by atoms with Crippen LogP contribution < -0.4 is 10.1 Å². The van der Waals surface area contributed by atoms with Gasteiger partial charge in [0.25, 0.3) is 0 Å². The smallest absolute Gasteiger partial charge is 0.243 e. The zero-order valence-corrected chi connectivity index (χ0v) is 18.5. The molecule has 0 spiro atoms. The fourth-order valence-electron chi connectivity index (χ4n) is 2.92. The maximum absolute atomic E-state index is 13.5. The third-order valence-corrected chi connectivity index (χ3v) is 6.43. The lowest BCUT2D eigenvalue weighted by atomic mass is 10.2. The molecule has 0 bridgehead atoms. The number of nitrogens with zero attached hydrogens (tertiary/aromatic N) is 1. The van der Waals surface area contributed by atoms with Crippen molar-refractivity contribution in [2.45, 2.75) is 24.8 Å². The Morgan fingerprint density at radius 1 is 1.09 bits per heavy atom. The lowest BCUT2D eigenvalue weighted by molar-refractivity contribution is -0.121. The van der Waals surface area contributed by atoms with Gasteiger partial charge in [0.2, 0.25) is 15.9 Å². The number of benzene rings is 2. The highest BCUT2D eigenvalue weighted by Gasteiger charge is 2.27. The Morgan fingerprint density at radius 3 is 2.53 bits per heavy atom. The number of hydrogen-bond acceptors (Lipinski definition) is 5. The number of rotatable bonds is 11. The Kier molecular flexibility index (Phi) is 8.02.